The van der Waals surface area contributed by atoms with Crippen LogP contribution in [0.5, 0.6) is 0 Å². The van der Waals surface area contributed by atoms with Gasteiger partial charge in [-0.15, -0.1) is 0 Å². The topological polar surface area (TPSA) is 101 Å². The van der Waals surface area contributed by atoms with Crippen LogP contribution in [-0.4, -0.2) is 47.4 Å². The molecule has 0 bridgehead atoms. The zero-order valence-corrected chi connectivity index (χ0v) is 7.61. The summed E-state index contributed by atoms with van der Waals surface area (Å²) in [5, 5.41) is 15.6. The second kappa shape index (κ2) is 3.26. The predicted octanol–water partition coefficient (Wildman–Crippen LogP) is -0.590. The van der Waals surface area contributed by atoms with Gasteiger partial charge in [0.1, 0.15) is 0 Å². The number of rotatable bonds is 0. The van der Waals surface area contributed by atoms with Gasteiger partial charge in [0.25, 0.3) is 5.91 Å². The molecule has 7 heteroatoms. The molecule has 7 nitrogen and oxygen atoms in total. The van der Waals surface area contributed by atoms with Gasteiger partial charge in [0.05, 0.1) is 0 Å². The number of carbonyl (C=O) groups excluding carboxylic acids is 2. The van der Waals surface area contributed by atoms with Crippen LogP contribution in [-0.2, 0) is 4.79 Å². The summed E-state index contributed by atoms with van der Waals surface area (Å²) in [6.07, 6.45) is 1.44. The van der Waals surface area contributed by atoms with Crippen LogP contribution in [0, 0.1) is 16.9 Å². The van der Waals surface area contributed by atoms with Crippen molar-refractivity contribution in [2.45, 2.75) is 0 Å². The summed E-state index contributed by atoms with van der Waals surface area (Å²) in [6.45, 7) is 0. The lowest BCUT2D eigenvalue weighted by molar-refractivity contribution is -0.120. The van der Waals surface area contributed by atoms with Crippen molar-refractivity contribution in [2.24, 2.45) is 4.99 Å². The molecule has 1 fully saturated rings. The molecule has 1 aliphatic rings. The zero-order chi connectivity index (χ0) is 10.9. The predicted molar refractivity (Wildman–Crippen MR) is 46.7 cm³/mol. The molecule has 0 aliphatic carbocycles. The Hall–Kier alpha value is -2.23. The summed E-state index contributed by atoms with van der Waals surface area (Å²) in [5.41, 5.74) is -0.462. The number of amidine groups is 1. The summed E-state index contributed by atoms with van der Waals surface area (Å²) in [7, 11) is 2.61. The Morgan fingerprint density at radius 2 is 1.93 bits per heavy atom. The Bertz CT molecular complexity index is 391. The van der Waals surface area contributed by atoms with Gasteiger partial charge in [-0.25, -0.2) is 4.79 Å². The van der Waals surface area contributed by atoms with E-state index < -0.39 is 17.6 Å². The fourth-order valence-corrected chi connectivity index (χ4v) is 1.01. The van der Waals surface area contributed by atoms with E-state index in [1.54, 1.807) is 0 Å². The maximum Gasteiger partial charge on any atom is 0.332 e. The van der Waals surface area contributed by atoms with Crippen LogP contribution in [0.15, 0.2) is 4.99 Å². The quantitative estimate of drug-likeness (QED) is 0.520. The maximum absolute atomic E-state index is 11.3. The smallest absolute Gasteiger partial charge is 0.292 e. The van der Waals surface area contributed by atoms with Crippen molar-refractivity contribution in [3.8, 4) is 6.19 Å². The van der Waals surface area contributed by atoms with Crippen LogP contribution >= 0.6 is 0 Å². The van der Waals surface area contributed by atoms with E-state index in [4.69, 9.17) is 10.7 Å². The van der Waals surface area contributed by atoms with Crippen molar-refractivity contribution in [1.29, 1.82) is 10.7 Å². The van der Waals surface area contributed by atoms with Crippen molar-refractivity contribution in [1.82, 2.24) is 9.80 Å². The number of carbonyl (C=O) groups is 2. The second-order valence-corrected chi connectivity index (χ2v) is 2.62. The van der Waals surface area contributed by atoms with E-state index in [-0.39, 0.29) is 5.84 Å². The number of amides is 3. The average molecular weight is 193 g/mol. The molecule has 1 rings (SSSR count). The molecule has 0 radical (unpaired) electrons. The van der Waals surface area contributed by atoms with E-state index in [1.165, 1.54) is 20.3 Å². The first-order valence-electron chi connectivity index (χ1n) is 3.62. The fraction of sp³-hybridized carbons (Fsp3) is 0.286. The molecule has 0 aromatic heterocycles. The number of aliphatic imine (C=N–C) groups is 1. The first-order chi connectivity index (χ1) is 6.50. The molecule has 0 atom stereocenters. The molecule has 1 heterocycles. The molecule has 14 heavy (non-hydrogen) atoms. The number of nitriles is 1. The molecule has 1 aliphatic heterocycles. The van der Waals surface area contributed by atoms with Crippen LogP contribution in [0.4, 0.5) is 4.79 Å². The summed E-state index contributed by atoms with van der Waals surface area (Å²) in [6, 6.07) is -0.611. The Balaban J connectivity index is 3.19. The highest BCUT2D eigenvalue weighted by molar-refractivity contribution is 6.68. The van der Waals surface area contributed by atoms with Gasteiger partial charge < -0.3 is 0 Å². The normalized spacial score (nSPS) is 20.4. The minimum Gasteiger partial charge on any atom is -0.292 e. The maximum atomic E-state index is 11.3. The molecular formula is C7H7N5O2. The highest BCUT2D eigenvalue weighted by Crippen LogP contribution is 2.06. The molecule has 0 aromatic carbocycles. The largest absolute Gasteiger partial charge is 0.332 e. The van der Waals surface area contributed by atoms with E-state index in [2.05, 4.69) is 4.99 Å². The summed E-state index contributed by atoms with van der Waals surface area (Å²) >= 11 is 0. The minimum absolute atomic E-state index is 0.222. The number of hydrogen-bond donors (Lipinski definition) is 1. The second-order valence-electron chi connectivity index (χ2n) is 2.62. The average Bonchev–Trinajstić information content (AvgIpc) is 2.19. The third-order valence-electron chi connectivity index (χ3n) is 1.79. The summed E-state index contributed by atoms with van der Waals surface area (Å²) in [4.78, 5) is 27.5. The number of urea groups is 1. The Morgan fingerprint density at radius 3 is 2.43 bits per heavy atom. The molecule has 0 spiro atoms. The van der Waals surface area contributed by atoms with Gasteiger partial charge in [-0.2, -0.15) is 10.3 Å². The molecule has 1 saturated heterocycles. The van der Waals surface area contributed by atoms with Crippen LogP contribution in [0.25, 0.3) is 0 Å². The van der Waals surface area contributed by atoms with Crippen LogP contribution in [0.3, 0.4) is 0 Å². The number of hydrogen-bond acceptors (Lipinski definition) is 5. The van der Waals surface area contributed by atoms with Gasteiger partial charge in [-0.1, -0.05) is 0 Å². The summed E-state index contributed by atoms with van der Waals surface area (Å²) < 4.78 is 0. The molecule has 72 valence electrons. The lowest BCUT2D eigenvalue weighted by atomic mass is 10.2. The van der Waals surface area contributed by atoms with Gasteiger partial charge in [0, 0.05) is 14.1 Å². The third-order valence-corrected chi connectivity index (χ3v) is 1.79. The van der Waals surface area contributed by atoms with Crippen LogP contribution in [0.1, 0.15) is 0 Å². The minimum atomic E-state index is -0.762. The van der Waals surface area contributed by atoms with Crippen molar-refractivity contribution >= 4 is 23.5 Å². The standard InChI is InChI=1S/C7H7N5O2/c1-11-5(10-3-8)4(9)6(13)12(2)7(11)14/h9H,1-2H3. The van der Waals surface area contributed by atoms with Crippen molar-refractivity contribution < 1.29 is 9.59 Å². The molecule has 1 N–H and O–H groups in total. The number of imide groups is 1. The van der Waals surface area contributed by atoms with E-state index in [0.29, 0.717) is 0 Å². The van der Waals surface area contributed by atoms with E-state index in [0.717, 1.165) is 9.80 Å². The Morgan fingerprint density at radius 1 is 1.36 bits per heavy atom. The fourth-order valence-electron chi connectivity index (χ4n) is 1.01. The molecule has 0 aromatic rings. The van der Waals surface area contributed by atoms with Gasteiger partial charge in [-0.05, 0) is 0 Å². The van der Waals surface area contributed by atoms with Gasteiger partial charge >= 0.3 is 6.03 Å². The van der Waals surface area contributed by atoms with E-state index in [9.17, 15) is 9.59 Å². The molecule has 0 saturated carbocycles. The SMILES string of the molecule is CN1C(=O)C(=N)C(=NC#N)N(C)C1=O. The molecule has 3 amide bonds. The molecular weight excluding hydrogens is 186 g/mol. The zero-order valence-electron chi connectivity index (χ0n) is 7.61. The van der Waals surface area contributed by atoms with Crippen molar-refractivity contribution in [3.63, 3.8) is 0 Å². The highest BCUT2D eigenvalue weighted by atomic mass is 16.2. The first-order valence-corrected chi connectivity index (χ1v) is 3.62. The molecule has 0 unspecified atom stereocenters. The van der Waals surface area contributed by atoms with E-state index in [1.807, 2.05) is 0 Å². The van der Waals surface area contributed by atoms with Crippen molar-refractivity contribution in [2.75, 3.05) is 14.1 Å². The van der Waals surface area contributed by atoms with E-state index >= 15 is 0 Å². The van der Waals surface area contributed by atoms with Gasteiger partial charge in [-0.3, -0.25) is 20.0 Å². The monoisotopic (exact) mass is 193 g/mol. The van der Waals surface area contributed by atoms with Gasteiger partial charge in [0.2, 0.25) is 6.19 Å². The first kappa shape index (κ1) is 9.85. The Labute approximate surface area is 79.7 Å². The number of nitrogens with one attached hydrogen (secondary N) is 1. The van der Waals surface area contributed by atoms with Crippen molar-refractivity contribution in [3.05, 3.63) is 0 Å². The lowest BCUT2D eigenvalue weighted by Crippen LogP contribution is -2.57. The van der Waals surface area contributed by atoms with Crippen LogP contribution < -0.4 is 0 Å². The Kier molecular flexibility index (Phi) is 2.29. The highest BCUT2D eigenvalue weighted by Gasteiger charge is 2.36. The summed E-state index contributed by atoms with van der Waals surface area (Å²) in [5.74, 6) is -0.984. The van der Waals surface area contributed by atoms with Crippen LogP contribution in [0.2, 0.25) is 0 Å². The number of nitrogens with zero attached hydrogens (tertiary/aromatic N) is 4. The lowest BCUT2D eigenvalue weighted by Gasteiger charge is -2.29. The third kappa shape index (κ3) is 1.22. The van der Waals surface area contributed by atoms with Gasteiger partial charge in [0.15, 0.2) is 11.5 Å².